The third kappa shape index (κ3) is 6.04. The van der Waals surface area contributed by atoms with Crippen molar-refractivity contribution in [1.82, 2.24) is 30.0 Å². The van der Waals surface area contributed by atoms with Crippen LogP contribution in [-0.4, -0.2) is 61.0 Å². The molecule has 0 saturated heterocycles. The van der Waals surface area contributed by atoms with Crippen molar-refractivity contribution in [3.05, 3.63) is 36.5 Å². The van der Waals surface area contributed by atoms with Crippen LogP contribution in [0, 0.1) is 5.82 Å². The van der Waals surface area contributed by atoms with Crippen LogP contribution in [0.15, 0.2) is 30.7 Å². The average Bonchev–Trinajstić information content (AvgIpc) is 3.24. The normalized spacial score (nSPS) is 12.8. The molecule has 182 valence electrons. The van der Waals surface area contributed by atoms with Gasteiger partial charge in [0.1, 0.15) is 16.7 Å². The minimum absolute atomic E-state index is 0.0165. The fraction of sp³-hybridized carbons (Fsp3) is 0.381. The minimum Gasteiger partial charge on any atom is -0.453 e. The number of rotatable bonds is 9. The standard InChI is InChI=1S/C21H27FN8O3S/c1-12(2)30-11-15(18(28-30)14-6-8-23-19(17(14)22)29-34(5)32)16-7-9-24-20(27-16)25-10-13(3)26-21(31)33-4/h6-9,11-13H,10H2,1-5H3,(H,23,29)(H,26,31)(H,24,25,27)/t13-,34?/m0/s1. The number of halogens is 1. The molecule has 34 heavy (non-hydrogen) atoms. The van der Waals surface area contributed by atoms with E-state index in [1.165, 1.54) is 25.6 Å². The summed E-state index contributed by atoms with van der Waals surface area (Å²) in [4.78, 5) is 24.1. The SMILES string of the molecule is COC(=O)N[C@@H](C)CNc1nccc(-c2cn(C(C)C)nc2-c2ccnc(NS(C)=O)c2F)n1. The Labute approximate surface area is 199 Å². The summed E-state index contributed by atoms with van der Waals surface area (Å²) in [5.74, 6) is -0.457. The van der Waals surface area contributed by atoms with Crippen LogP contribution in [0.25, 0.3) is 22.5 Å². The first-order valence-electron chi connectivity index (χ1n) is 10.5. The third-order valence-corrected chi connectivity index (χ3v) is 5.17. The predicted octanol–water partition coefficient (Wildman–Crippen LogP) is 2.98. The first-order chi connectivity index (χ1) is 16.2. The highest BCUT2D eigenvalue weighted by Crippen LogP contribution is 2.34. The lowest BCUT2D eigenvalue weighted by Crippen LogP contribution is -2.37. The van der Waals surface area contributed by atoms with Gasteiger partial charge in [-0.2, -0.15) is 5.10 Å². The van der Waals surface area contributed by atoms with Gasteiger partial charge in [-0.05, 0) is 32.9 Å². The Bertz CT molecular complexity index is 1190. The van der Waals surface area contributed by atoms with Crippen LogP contribution in [0.1, 0.15) is 26.8 Å². The number of hydrogen-bond donors (Lipinski definition) is 3. The summed E-state index contributed by atoms with van der Waals surface area (Å²) in [6, 6.07) is 2.99. The largest absolute Gasteiger partial charge is 0.453 e. The number of amides is 1. The Kier molecular flexibility index (Phi) is 8.10. The zero-order valence-electron chi connectivity index (χ0n) is 19.5. The second-order valence-corrected chi connectivity index (χ2v) is 8.84. The van der Waals surface area contributed by atoms with Crippen LogP contribution in [0.3, 0.4) is 0 Å². The third-order valence-electron chi connectivity index (χ3n) is 4.69. The second-order valence-electron chi connectivity index (χ2n) is 7.73. The number of nitrogens with zero attached hydrogens (tertiary/aromatic N) is 5. The molecule has 0 saturated carbocycles. The van der Waals surface area contributed by atoms with Crippen molar-refractivity contribution in [2.75, 3.05) is 29.9 Å². The molecule has 0 bridgehead atoms. The van der Waals surface area contributed by atoms with Gasteiger partial charge in [-0.15, -0.1) is 0 Å². The van der Waals surface area contributed by atoms with E-state index in [-0.39, 0.29) is 23.5 Å². The molecule has 2 atom stereocenters. The van der Waals surface area contributed by atoms with Crippen molar-refractivity contribution in [2.24, 2.45) is 0 Å². The van der Waals surface area contributed by atoms with Gasteiger partial charge in [0, 0.05) is 54.6 Å². The van der Waals surface area contributed by atoms with E-state index < -0.39 is 22.9 Å². The Hall–Kier alpha value is -3.61. The molecule has 3 heterocycles. The van der Waals surface area contributed by atoms with Gasteiger partial charge in [0.05, 0.1) is 12.8 Å². The summed E-state index contributed by atoms with van der Waals surface area (Å²) in [7, 11) is -0.195. The molecule has 3 N–H and O–H groups in total. The number of anilines is 2. The Balaban J connectivity index is 1.96. The van der Waals surface area contributed by atoms with E-state index in [1.54, 1.807) is 30.1 Å². The summed E-state index contributed by atoms with van der Waals surface area (Å²) in [6.07, 6.45) is 5.65. The van der Waals surface area contributed by atoms with E-state index in [0.717, 1.165) is 0 Å². The Morgan fingerprint density at radius 2 is 1.94 bits per heavy atom. The number of ether oxygens (including phenoxy) is 1. The monoisotopic (exact) mass is 490 g/mol. The lowest BCUT2D eigenvalue weighted by atomic mass is 10.1. The van der Waals surface area contributed by atoms with Crippen molar-refractivity contribution >= 4 is 28.8 Å². The number of alkyl carbamates (subject to hydrolysis) is 1. The van der Waals surface area contributed by atoms with Gasteiger partial charge in [0.15, 0.2) is 11.6 Å². The quantitative estimate of drug-likeness (QED) is 0.417. The molecule has 3 rings (SSSR count). The van der Waals surface area contributed by atoms with E-state index in [2.05, 4.69) is 40.1 Å². The molecular formula is C21H27FN8O3S. The summed E-state index contributed by atoms with van der Waals surface area (Å²) in [5, 5.41) is 10.3. The molecular weight excluding hydrogens is 463 g/mol. The lowest BCUT2D eigenvalue weighted by molar-refractivity contribution is 0.168. The van der Waals surface area contributed by atoms with Crippen molar-refractivity contribution in [1.29, 1.82) is 0 Å². The maximum atomic E-state index is 15.2. The van der Waals surface area contributed by atoms with E-state index in [1.807, 2.05) is 13.8 Å². The van der Waals surface area contributed by atoms with E-state index in [0.29, 0.717) is 29.4 Å². The van der Waals surface area contributed by atoms with Gasteiger partial charge in [0.2, 0.25) is 5.95 Å². The Morgan fingerprint density at radius 3 is 2.62 bits per heavy atom. The van der Waals surface area contributed by atoms with Gasteiger partial charge in [-0.25, -0.2) is 28.3 Å². The van der Waals surface area contributed by atoms with Crippen LogP contribution in [-0.2, 0) is 15.7 Å². The van der Waals surface area contributed by atoms with Crippen LogP contribution >= 0.6 is 0 Å². The molecule has 1 amide bonds. The molecule has 0 aromatic carbocycles. The molecule has 13 heteroatoms. The fourth-order valence-corrected chi connectivity index (χ4v) is 3.44. The highest BCUT2D eigenvalue weighted by Gasteiger charge is 2.21. The van der Waals surface area contributed by atoms with Crippen LogP contribution in [0.4, 0.5) is 21.0 Å². The first-order valence-corrected chi connectivity index (χ1v) is 12.0. The van der Waals surface area contributed by atoms with Crippen LogP contribution in [0.2, 0.25) is 0 Å². The fourth-order valence-electron chi connectivity index (χ4n) is 3.03. The van der Waals surface area contributed by atoms with Gasteiger partial charge >= 0.3 is 6.09 Å². The predicted molar refractivity (Wildman–Crippen MR) is 128 cm³/mol. The number of carbonyl (C=O) groups is 1. The van der Waals surface area contributed by atoms with Crippen molar-refractivity contribution in [2.45, 2.75) is 32.9 Å². The molecule has 0 fully saturated rings. The van der Waals surface area contributed by atoms with E-state index in [4.69, 9.17) is 0 Å². The number of aromatic nitrogens is 5. The van der Waals surface area contributed by atoms with Crippen molar-refractivity contribution in [3.8, 4) is 22.5 Å². The summed E-state index contributed by atoms with van der Waals surface area (Å²) in [6.45, 7) is 6.08. The van der Waals surface area contributed by atoms with Crippen molar-refractivity contribution < 1.29 is 18.1 Å². The zero-order chi connectivity index (χ0) is 24.8. The first kappa shape index (κ1) is 25.0. The number of hydrogen-bond acceptors (Lipinski definition) is 8. The molecule has 0 radical (unpaired) electrons. The number of nitrogens with one attached hydrogen (secondary N) is 3. The molecule has 0 aliphatic carbocycles. The highest BCUT2D eigenvalue weighted by atomic mass is 32.2. The van der Waals surface area contributed by atoms with Crippen LogP contribution < -0.4 is 15.4 Å². The maximum Gasteiger partial charge on any atom is 0.407 e. The van der Waals surface area contributed by atoms with E-state index in [9.17, 15) is 9.00 Å². The molecule has 3 aromatic rings. The summed E-state index contributed by atoms with van der Waals surface area (Å²) >= 11 is 0. The van der Waals surface area contributed by atoms with Gasteiger partial charge in [0.25, 0.3) is 0 Å². The highest BCUT2D eigenvalue weighted by molar-refractivity contribution is 7.85. The topological polar surface area (TPSA) is 136 Å². The van der Waals surface area contributed by atoms with Crippen LogP contribution in [0.5, 0.6) is 0 Å². The van der Waals surface area contributed by atoms with E-state index >= 15 is 4.39 Å². The molecule has 0 spiro atoms. The summed E-state index contributed by atoms with van der Waals surface area (Å²) in [5.41, 5.74) is 1.68. The smallest absolute Gasteiger partial charge is 0.407 e. The molecule has 3 aromatic heterocycles. The number of methoxy groups -OCH3 is 1. The molecule has 1 unspecified atom stereocenters. The number of pyridine rings is 1. The molecule has 11 nitrogen and oxygen atoms in total. The van der Waals surface area contributed by atoms with Gasteiger partial charge in [-0.3, -0.25) is 9.40 Å². The maximum absolute atomic E-state index is 15.2. The summed E-state index contributed by atoms with van der Waals surface area (Å²) < 4.78 is 35.6. The second kappa shape index (κ2) is 11.0. The van der Waals surface area contributed by atoms with Gasteiger partial charge in [-0.1, -0.05) is 0 Å². The molecule has 0 aliphatic rings. The zero-order valence-corrected chi connectivity index (χ0v) is 20.3. The average molecular weight is 491 g/mol. The molecule has 0 aliphatic heterocycles. The Morgan fingerprint density at radius 1 is 1.21 bits per heavy atom. The van der Waals surface area contributed by atoms with Crippen molar-refractivity contribution in [3.63, 3.8) is 0 Å². The van der Waals surface area contributed by atoms with Gasteiger partial charge < -0.3 is 15.4 Å². The number of carbonyl (C=O) groups excluding carboxylic acids is 1. The lowest BCUT2D eigenvalue weighted by Gasteiger charge is -2.14. The minimum atomic E-state index is -1.49.